The van der Waals surface area contributed by atoms with Gasteiger partial charge >= 0.3 is 0 Å². The van der Waals surface area contributed by atoms with Gasteiger partial charge in [-0.1, -0.05) is 23.9 Å². The van der Waals surface area contributed by atoms with Gasteiger partial charge in [0.05, 0.1) is 15.7 Å². The molecule has 1 fully saturated rings. The largest absolute Gasteiger partial charge is 0.550 e. The molecule has 1 aliphatic heterocycles. The molecule has 124 valence electrons. The molecule has 0 aromatic heterocycles. The zero-order chi connectivity index (χ0) is 17.5. The van der Waals surface area contributed by atoms with E-state index in [-0.39, 0.29) is 10.9 Å². The molecule has 1 atom stereocenters. The highest BCUT2D eigenvalue weighted by Crippen LogP contribution is 2.22. The number of hydrogen-bond donors (Lipinski definition) is 1. The lowest BCUT2D eigenvalue weighted by Gasteiger charge is -2.04. The summed E-state index contributed by atoms with van der Waals surface area (Å²) < 4.78 is 0. The molecule has 2 rings (SSSR count). The number of amidine groups is 1. The Hall–Kier alpha value is -3.01. The van der Waals surface area contributed by atoms with Gasteiger partial charge in [0, 0.05) is 24.7 Å². The Balaban J connectivity index is 1.97. The van der Waals surface area contributed by atoms with Crippen LogP contribution in [0.25, 0.3) is 6.08 Å². The number of thioether (sulfide) groups is 1. The molecule has 0 unspecified atom stereocenters. The first-order valence-corrected chi connectivity index (χ1v) is 7.54. The summed E-state index contributed by atoms with van der Waals surface area (Å²) in [5.41, 5.74) is 0.386. The molecule has 1 aliphatic rings. The Morgan fingerprint density at radius 2 is 2.17 bits per heavy atom. The standard InChI is InChI=1S/C14H12N4O5S/c19-12(20)8-11-13(21)16-14(24-11)17-15-7-3-5-9-4-1-2-6-10(9)18(22)23/h1-7,11H,8H2,(H,19,20)(H,16,17,21)/p-1/b5-3+,15-7-/t11-/m1/s1. The molecule has 0 radical (unpaired) electrons. The van der Waals surface area contributed by atoms with E-state index in [0.29, 0.717) is 5.56 Å². The van der Waals surface area contributed by atoms with Crippen molar-refractivity contribution in [2.45, 2.75) is 11.7 Å². The summed E-state index contributed by atoms with van der Waals surface area (Å²) in [7, 11) is 0. The van der Waals surface area contributed by atoms with Crippen LogP contribution in [0.2, 0.25) is 0 Å². The fraction of sp³-hybridized carbons (Fsp3) is 0.143. The molecule has 1 saturated heterocycles. The van der Waals surface area contributed by atoms with Gasteiger partial charge in [-0.05, 0) is 18.2 Å². The van der Waals surface area contributed by atoms with E-state index in [1.54, 1.807) is 18.2 Å². The molecule has 0 saturated carbocycles. The molecule has 1 N–H and O–H groups in total. The summed E-state index contributed by atoms with van der Waals surface area (Å²) in [5, 5.41) is 30.6. The van der Waals surface area contributed by atoms with Crippen molar-refractivity contribution in [3.63, 3.8) is 0 Å². The molecular weight excluding hydrogens is 336 g/mol. The van der Waals surface area contributed by atoms with E-state index in [4.69, 9.17) is 0 Å². The molecule has 0 aliphatic carbocycles. The van der Waals surface area contributed by atoms with Gasteiger partial charge in [0.1, 0.15) is 0 Å². The summed E-state index contributed by atoms with van der Waals surface area (Å²) in [4.78, 5) is 32.3. The zero-order valence-electron chi connectivity index (χ0n) is 12.1. The summed E-state index contributed by atoms with van der Waals surface area (Å²) >= 11 is 0.949. The first-order valence-electron chi connectivity index (χ1n) is 6.66. The van der Waals surface area contributed by atoms with Crippen molar-refractivity contribution < 1.29 is 19.6 Å². The van der Waals surface area contributed by atoms with Crippen LogP contribution in [0.1, 0.15) is 12.0 Å². The predicted octanol–water partition coefficient (Wildman–Crippen LogP) is 0.321. The molecule has 1 aromatic carbocycles. The number of amides is 1. The molecule has 10 heteroatoms. The van der Waals surface area contributed by atoms with Crippen LogP contribution >= 0.6 is 11.8 Å². The summed E-state index contributed by atoms with van der Waals surface area (Å²) in [5.74, 6) is -1.78. The van der Waals surface area contributed by atoms with Crippen LogP contribution in [0.5, 0.6) is 0 Å². The van der Waals surface area contributed by atoms with E-state index in [1.165, 1.54) is 24.4 Å². The summed E-state index contributed by atoms with van der Waals surface area (Å²) in [6, 6.07) is 6.22. The smallest absolute Gasteiger partial charge is 0.276 e. The quantitative estimate of drug-likeness (QED) is 0.447. The Morgan fingerprint density at radius 1 is 1.42 bits per heavy atom. The van der Waals surface area contributed by atoms with Gasteiger partial charge in [-0.2, -0.15) is 5.10 Å². The van der Waals surface area contributed by atoms with Crippen LogP contribution < -0.4 is 10.4 Å². The number of aliphatic carboxylic acids is 1. The fourth-order valence-corrected chi connectivity index (χ4v) is 2.71. The van der Waals surface area contributed by atoms with E-state index in [1.807, 2.05) is 0 Å². The second kappa shape index (κ2) is 8.02. The molecule has 24 heavy (non-hydrogen) atoms. The lowest BCUT2D eigenvalue weighted by atomic mass is 10.2. The number of rotatable bonds is 6. The van der Waals surface area contributed by atoms with E-state index in [9.17, 15) is 24.8 Å². The molecule has 1 amide bonds. The van der Waals surface area contributed by atoms with Crippen LogP contribution in [-0.2, 0) is 9.59 Å². The Bertz CT molecular complexity index is 759. The Labute approximate surface area is 140 Å². The third-order valence-electron chi connectivity index (χ3n) is 2.84. The first kappa shape index (κ1) is 17.3. The molecular formula is C14H11N4O5S-. The van der Waals surface area contributed by atoms with Gasteiger partial charge < -0.3 is 15.2 Å². The Morgan fingerprint density at radius 3 is 2.88 bits per heavy atom. The number of carboxylic acids is 1. The molecule has 1 heterocycles. The fourth-order valence-electron chi connectivity index (χ4n) is 1.80. The van der Waals surface area contributed by atoms with Crippen LogP contribution in [0.15, 0.2) is 40.5 Å². The summed E-state index contributed by atoms with van der Waals surface area (Å²) in [6.07, 6.45) is 3.85. The lowest BCUT2D eigenvalue weighted by molar-refractivity contribution is -0.385. The van der Waals surface area contributed by atoms with Gasteiger partial charge in [-0.15, -0.1) is 5.10 Å². The minimum Gasteiger partial charge on any atom is -0.550 e. The van der Waals surface area contributed by atoms with Crippen molar-refractivity contribution in [2.75, 3.05) is 0 Å². The van der Waals surface area contributed by atoms with Crippen molar-refractivity contribution in [2.24, 2.45) is 10.2 Å². The van der Waals surface area contributed by atoms with E-state index < -0.39 is 28.5 Å². The van der Waals surface area contributed by atoms with E-state index >= 15 is 0 Å². The molecule has 0 spiro atoms. The molecule has 1 aromatic rings. The maximum atomic E-state index is 11.5. The average molecular weight is 347 g/mol. The number of benzene rings is 1. The van der Waals surface area contributed by atoms with Gasteiger partial charge in [0.2, 0.25) is 5.91 Å². The van der Waals surface area contributed by atoms with Gasteiger partial charge in [-0.25, -0.2) is 0 Å². The monoisotopic (exact) mass is 347 g/mol. The molecule has 0 bridgehead atoms. The Kier molecular flexibility index (Phi) is 5.79. The topological polar surface area (TPSA) is 137 Å². The lowest BCUT2D eigenvalue weighted by Crippen LogP contribution is -2.31. The predicted molar refractivity (Wildman–Crippen MR) is 87.2 cm³/mol. The highest BCUT2D eigenvalue weighted by atomic mass is 32.2. The third kappa shape index (κ3) is 4.74. The van der Waals surface area contributed by atoms with Gasteiger partial charge in [-0.3, -0.25) is 14.9 Å². The van der Waals surface area contributed by atoms with Crippen molar-refractivity contribution in [1.29, 1.82) is 0 Å². The second-order valence-electron chi connectivity index (χ2n) is 4.52. The van der Waals surface area contributed by atoms with Crippen molar-refractivity contribution in [3.05, 3.63) is 46.0 Å². The van der Waals surface area contributed by atoms with E-state index in [2.05, 4.69) is 15.5 Å². The number of nitro groups is 1. The van der Waals surface area contributed by atoms with Crippen molar-refractivity contribution in [3.8, 4) is 0 Å². The average Bonchev–Trinajstić information content (AvgIpc) is 2.86. The number of carbonyl (C=O) groups is 2. The third-order valence-corrected chi connectivity index (χ3v) is 3.91. The summed E-state index contributed by atoms with van der Waals surface area (Å²) in [6.45, 7) is 0. The highest BCUT2D eigenvalue weighted by molar-refractivity contribution is 8.15. The number of allylic oxidation sites excluding steroid dienone is 1. The van der Waals surface area contributed by atoms with Gasteiger partial charge in [0.15, 0.2) is 5.17 Å². The van der Waals surface area contributed by atoms with Crippen LogP contribution in [0.3, 0.4) is 0 Å². The number of hydrogen-bond acceptors (Lipinski definition) is 8. The minimum atomic E-state index is -1.32. The highest BCUT2D eigenvalue weighted by Gasteiger charge is 2.30. The normalized spacial score (nSPS) is 19.2. The van der Waals surface area contributed by atoms with Crippen molar-refractivity contribution >= 4 is 46.8 Å². The number of carboxylic acid groups (broad SMARTS) is 1. The van der Waals surface area contributed by atoms with Crippen LogP contribution in [-0.4, -0.2) is 33.4 Å². The zero-order valence-corrected chi connectivity index (χ0v) is 12.9. The van der Waals surface area contributed by atoms with Gasteiger partial charge in [0.25, 0.3) is 5.69 Å². The first-order chi connectivity index (χ1) is 11.5. The van der Waals surface area contributed by atoms with Crippen molar-refractivity contribution in [1.82, 2.24) is 5.32 Å². The number of para-hydroxylation sites is 1. The van der Waals surface area contributed by atoms with E-state index in [0.717, 1.165) is 11.8 Å². The van der Waals surface area contributed by atoms with Crippen LogP contribution in [0.4, 0.5) is 5.69 Å². The SMILES string of the molecule is O=C([O-])C[C@H]1S\C(=N/N=C\C=C\c2ccccc2[N+](=O)[O-])NC1=O. The second-order valence-corrected chi connectivity index (χ2v) is 5.71. The van der Waals surface area contributed by atoms with Crippen LogP contribution in [0, 0.1) is 10.1 Å². The maximum absolute atomic E-state index is 11.5. The minimum absolute atomic E-state index is 0.0304. The maximum Gasteiger partial charge on any atom is 0.276 e. The number of carbonyl (C=O) groups excluding carboxylic acids is 2. The number of nitrogens with one attached hydrogen (secondary N) is 1. The number of nitrogens with zero attached hydrogens (tertiary/aromatic N) is 3. The molecule has 9 nitrogen and oxygen atoms in total. The number of nitro benzene ring substituents is 1.